The van der Waals surface area contributed by atoms with Gasteiger partial charge in [0.1, 0.15) is 5.75 Å². The molecule has 0 spiro atoms. The molecule has 0 heterocycles. The molecule has 0 aliphatic heterocycles. The summed E-state index contributed by atoms with van der Waals surface area (Å²) < 4.78 is 32.3. The summed E-state index contributed by atoms with van der Waals surface area (Å²) in [6.45, 7) is 5.25. The van der Waals surface area contributed by atoms with Gasteiger partial charge in [-0.25, -0.2) is 8.42 Å². The number of sulfonamides is 1. The number of carbonyl (C=O) groups excluding carboxylic acids is 1. The molecule has 2 aromatic rings. The van der Waals surface area contributed by atoms with Gasteiger partial charge >= 0.3 is 0 Å². The van der Waals surface area contributed by atoms with Crippen LogP contribution in [0.1, 0.15) is 18.1 Å². The van der Waals surface area contributed by atoms with E-state index in [4.69, 9.17) is 4.74 Å². The molecule has 2 rings (SSSR count). The molecule has 0 saturated heterocycles. The van der Waals surface area contributed by atoms with Gasteiger partial charge in [0, 0.05) is 0 Å². The van der Waals surface area contributed by atoms with Crippen LogP contribution in [0.2, 0.25) is 0 Å². The minimum absolute atomic E-state index is 0.117. The van der Waals surface area contributed by atoms with Crippen molar-refractivity contribution in [3.63, 3.8) is 0 Å². The third-order valence-electron chi connectivity index (χ3n) is 3.67. The van der Waals surface area contributed by atoms with E-state index in [-0.39, 0.29) is 4.90 Å². The number of amides is 1. The Morgan fingerprint density at radius 3 is 2.24 bits per heavy atom. The van der Waals surface area contributed by atoms with E-state index in [0.717, 1.165) is 11.1 Å². The zero-order valence-corrected chi connectivity index (χ0v) is 15.5. The molecular weight excluding hydrogens is 340 g/mol. The Labute approximate surface area is 148 Å². The van der Waals surface area contributed by atoms with E-state index < -0.39 is 22.0 Å². The van der Waals surface area contributed by atoms with Crippen LogP contribution in [-0.4, -0.2) is 27.5 Å². The first-order valence-corrected chi connectivity index (χ1v) is 9.26. The van der Waals surface area contributed by atoms with Crippen molar-refractivity contribution in [3.8, 4) is 5.75 Å². The maximum atomic E-state index is 12.4. The highest BCUT2D eigenvalue weighted by molar-refractivity contribution is 7.89. The molecule has 1 atom stereocenters. The molecule has 2 aromatic carbocycles. The fourth-order valence-electron chi connectivity index (χ4n) is 2.23. The topological polar surface area (TPSA) is 84.5 Å². The number of aryl methyl sites for hydroxylation is 2. The minimum atomic E-state index is -3.78. The third kappa shape index (κ3) is 4.80. The lowest BCUT2D eigenvalue weighted by atomic mass is 10.2. The van der Waals surface area contributed by atoms with E-state index in [1.54, 1.807) is 24.3 Å². The fourth-order valence-corrected chi connectivity index (χ4v) is 3.44. The van der Waals surface area contributed by atoms with E-state index in [1.807, 2.05) is 19.9 Å². The molecule has 0 saturated carbocycles. The van der Waals surface area contributed by atoms with Crippen LogP contribution in [0.3, 0.4) is 0 Å². The van der Waals surface area contributed by atoms with E-state index in [1.165, 1.54) is 26.2 Å². The van der Waals surface area contributed by atoms with Crippen molar-refractivity contribution in [1.82, 2.24) is 4.72 Å². The molecule has 0 unspecified atom stereocenters. The van der Waals surface area contributed by atoms with Gasteiger partial charge in [0.15, 0.2) is 0 Å². The minimum Gasteiger partial charge on any atom is -0.495 e. The highest BCUT2D eigenvalue weighted by atomic mass is 32.2. The van der Waals surface area contributed by atoms with Gasteiger partial charge in [-0.15, -0.1) is 0 Å². The molecule has 0 aliphatic rings. The Bertz CT molecular complexity index is 861. The third-order valence-corrected chi connectivity index (χ3v) is 5.23. The normalized spacial score (nSPS) is 12.5. The van der Waals surface area contributed by atoms with Crippen LogP contribution >= 0.6 is 0 Å². The molecule has 134 valence electrons. The molecule has 1 amide bonds. The van der Waals surface area contributed by atoms with Crippen molar-refractivity contribution in [2.24, 2.45) is 0 Å². The van der Waals surface area contributed by atoms with Gasteiger partial charge in [0.05, 0.1) is 23.7 Å². The second kappa shape index (κ2) is 7.67. The summed E-state index contributed by atoms with van der Waals surface area (Å²) in [5.74, 6) is 0.0344. The average Bonchev–Trinajstić information content (AvgIpc) is 2.55. The Morgan fingerprint density at radius 1 is 1.04 bits per heavy atom. The standard InChI is InChI=1S/C18H22N2O4S/c1-12-5-8-15(9-6-12)25(22,23)20-14(3)18(21)19-16-11-13(2)7-10-17(16)24-4/h5-11,14,20H,1-4H3,(H,19,21)/t14-/m0/s1. The first kappa shape index (κ1) is 19.0. The highest BCUT2D eigenvalue weighted by Gasteiger charge is 2.22. The highest BCUT2D eigenvalue weighted by Crippen LogP contribution is 2.25. The molecule has 0 bridgehead atoms. The molecule has 0 aromatic heterocycles. The SMILES string of the molecule is COc1ccc(C)cc1NC(=O)[C@H](C)NS(=O)(=O)c1ccc(C)cc1. The first-order valence-electron chi connectivity index (χ1n) is 7.77. The molecule has 7 heteroatoms. The zero-order valence-electron chi connectivity index (χ0n) is 14.7. The van der Waals surface area contributed by atoms with Crippen molar-refractivity contribution >= 4 is 21.6 Å². The van der Waals surface area contributed by atoms with Crippen molar-refractivity contribution in [3.05, 3.63) is 53.6 Å². The zero-order chi connectivity index (χ0) is 18.6. The Hall–Kier alpha value is -2.38. The lowest BCUT2D eigenvalue weighted by Gasteiger charge is -2.16. The molecule has 0 fully saturated rings. The second-order valence-electron chi connectivity index (χ2n) is 5.85. The largest absolute Gasteiger partial charge is 0.495 e. The Kier molecular flexibility index (Phi) is 5.81. The van der Waals surface area contributed by atoms with Gasteiger partial charge in [0.25, 0.3) is 0 Å². The number of rotatable bonds is 6. The molecular formula is C18H22N2O4S. The van der Waals surface area contributed by atoms with Gasteiger partial charge in [-0.1, -0.05) is 23.8 Å². The van der Waals surface area contributed by atoms with Gasteiger partial charge < -0.3 is 10.1 Å². The number of benzene rings is 2. The van der Waals surface area contributed by atoms with Crippen molar-refractivity contribution in [2.75, 3.05) is 12.4 Å². The van der Waals surface area contributed by atoms with Crippen LogP contribution in [0.5, 0.6) is 5.75 Å². The molecule has 25 heavy (non-hydrogen) atoms. The molecule has 0 aliphatic carbocycles. The summed E-state index contributed by atoms with van der Waals surface area (Å²) in [6.07, 6.45) is 0. The van der Waals surface area contributed by atoms with Gasteiger partial charge in [-0.2, -0.15) is 4.72 Å². The van der Waals surface area contributed by atoms with E-state index in [0.29, 0.717) is 11.4 Å². The maximum Gasteiger partial charge on any atom is 0.242 e. The summed E-state index contributed by atoms with van der Waals surface area (Å²) in [7, 11) is -2.28. The number of methoxy groups -OCH3 is 1. The number of anilines is 1. The first-order chi connectivity index (χ1) is 11.7. The van der Waals surface area contributed by atoms with Gasteiger partial charge in [-0.05, 0) is 50.6 Å². The summed E-state index contributed by atoms with van der Waals surface area (Å²) in [5.41, 5.74) is 2.40. The van der Waals surface area contributed by atoms with Crippen LogP contribution in [0.15, 0.2) is 47.4 Å². The quantitative estimate of drug-likeness (QED) is 0.827. The Balaban J connectivity index is 2.12. The van der Waals surface area contributed by atoms with Gasteiger partial charge in [0.2, 0.25) is 15.9 Å². The van der Waals surface area contributed by atoms with E-state index >= 15 is 0 Å². The summed E-state index contributed by atoms with van der Waals surface area (Å²) in [6, 6.07) is 10.8. The number of carbonyl (C=O) groups is 1. The Morgan fingerprint density at radius 2 is 1.64 bits per heavy atom. The molecule has 0 radical (unpaired) electrons. The van der Waals surface area contributed by atoms with Gasteiger partial charge in [-0.3, -0.25) is 4.79 Å². The van der Waals surface area contributed by atoms with Crippen LogP contribution in [0.25, 0.3) is 0 Å². The lowest BCUT2D eigenvalue weighted by molar-refractivity contribution is -0.117. The summed E-state index contributed by atoms with van der Waals surface area (Å²) in [4.78, 5) is 12.5. The smallest absolute Gasteiger partial charge is 0.242 e. The van der Waals surface area contributed by atoms with Crippen molar-refractivity contribution < 1.29 is 17.9 Å². The predicted octanol–water partition coefficient (Wildman–Crippen LogP) is 2.62. The number of ether oxygens (including phenoxy) is 1. The maximum absolute atomic E-state index is 12.4. The molecule has 6 nitrogen and oxygen atoms in total. The van der Waals surface area contributed by atoms with Crippen LogP contribution < -0.4 is 14.8 Å². The summed E-state index contributed by atoms with van der Waals surface area (Å²) >= 11 is 0. The van der Waals surface area contributed by atoms with E-state index in [2.05, 4.69) is 10.0 Å². The van der Waals surface area contributed by atoms with Crippen LogP contribution in [0, 0.1) is 13.8 Å². The monoisotopic (exact) mass is 362 g/mol. The predicted molar refractivity (Wildman–Crippen MR) is 97.3 cm³/mol. The second-order valence-corrected chi connectivity index (χ2v) is 7.56. The van der Waals surface area contributed by atoms with Crippen molar-refractivity contribution in [2.45, 2.75) is 31.7 Å². The summed E-state index contributed by atoms with van der Waals surface area (Å²) in [5, 5.41) is 2.69. The number of hydrogen-bond acceptors (Lipinski definition) is 4. The lowest BCUT2D eigenvalue weighted by Crippen LogP contribution is -2.41. The molecule has 2 N–H and O–H groups in total. The average molecular weight is 362 g/mol. The number of nitrogens with one attached hydrogen (secondary N) is 2. The number of hydrogen-bond donors (Lipinski definition) is 2. The van der Waals surface area contributed by atoms with Crippen molar-refractivity contribution in [1.29, 1.82) is 0 Å². The van der Waals surface area contributed by atoms with E-state index in [9.17, 15) is 13.2 Å². The van der Waals surface area contributed by atoms with Crippen LogP contribution in [0.4, 0.5) is 5.69 Å². The van der Waals surface area contributed by atoms with Crippen LogP contribution in [-0.2, 0) is 14.8 Å². The fraction of sp³-hybridized carbons (Fsp3) is 0.278.